The van der Waals surface area contributed by atoms with Gasteiger partial charge in [0.2, 0.25) is 0 Å². The van der Waals surface area contributed by atoms with Gasteiger partial charge in [0.05, 0.1) is 28.4 Å². The van der Waals surface area contributed by atoms with Gasteiger partial charge in [0.15, 0.2) is 5.65 Å². The highest BCUT2D eigenvalue weighted by Gasteiger charge is 2.21. The lowest BCUT2D eigenvalue weighted by atomic mass is 10.1. The molecule has 0 fully saturated rings. The molecule has 0 amide bonds. The number of nitrogens with zero attached hydrogens (tertiary/aromatic N) is 3. The summed E-state index contributed by atoms with van der Waals surface area (Å²) in [5.74, 6) is 1.49. The molecule has 0 aliphatic heterocycles. The van der Waals surface area contributed by atoms with Crippen molar-refractivity contribution < 1.29 is 4.74 Å². The third-order valence-corrected chi connectivity index (χ3v) is 5.53. The fourth-order valence-corrected chi connectivity index (χ4v) is 3.88. The van der Waals surface area contributed by atoms with Gasteiger partial charge in [-0.3, -0.25) is 0 Å². The molecule has 2 heterocycles. The molecule has 0 saturated carbocycles. The first-order valence-electron chi connectivity index (χ1n) is 9.73. The summed E-state index contributed by atoms with van der Waals surface area (Å²) < 4.78 is 7.08. The van der Waals surface area contributed by atoms with E-state index in [2.05, 4.69) is 24.5 Å². The summed E-state index contributed by atoms with van der Waals surface area (Å²) in [5, 5.41) is 12.7. The number of nitrogens with one attached hydrogen (secondary N) is 2. The molecule has 29 heavy (non-hydrogen) atoms. The van der Waals surface area contributed by atoms with Crippen molar-refractivity contribution in [2.45, 2.75) is 40.2 Å². The zero-order valence-corrected chi connectivity index (χ0v) is 18.9. The molecule has 0 spiro atoms. The molecule has 1 aromatic carbocycles. The van der Waals surface area contributed by atoms with Gasteiger partial charge in [-0.25, -0.2) is 4.98 Å². The van der Waals surface area contributed by atoms with E-state index in [-0.39, 0.29) is 0 Å². The van der Waals surface area contributed by atoms with Gasteiger partial charge >= 0.3 is 0 Å². The Morgan fingerprint density at radius 3 is 2.41 bits per heavy atom. The minimum Gasteiger partial charge on any atom is -0.497 e. The minimum atomic E-state index is 0.494. The molecule has 2 N–H and O–H groups in total. The number of ether oxygens (including phenoxy) is 1. The third kappa shape index (κ3) is 4.60. The van der Waals surface area contributed by atoms with Crippen LogP contribution in [0.3, 0.4) is 0 Å². The Morgan fingerprint density at radius 1 is 1.10 bits per heavy atom. The maximum absolute atomic E-state index is 6.55. The smallest absolute Gasteiger partial charge is 0.165 e. The highest BCUT2D eigenvalue weighted by molar-refractivity contribution is 6.39. The summed E-state index contributed by atoms with van der Waals surface area (Å²) in [6.07, 6.45) is 1.10. The Labute approximate surface area is 181 Å². The van der Waals surface area contributed by atoms with Crippen LogP contribution < -0.4 is 15.4 Å². The van der Waals surface area contributed by atoms with E-state index in [0.717, 1.165) is 42.3 Å². The zero-order valence-electron chi connectivity index (χ0n) is 17.4. The lowest BCUT2D eigenvalue weighted by molar-refractivity contribution is 0.415. The second kappa shape index (κ2) is 9.20. The number of benzene rings is 1. The maximum Gasteiger partial charge on any atom is 0.165 e. The number of methoxy groups -OCH3 is 1. The highest BCUT2D eigenvalue weighted by Crippen LogP contribution is 2.41. The SMILES string of the molecule is CCC(C)NCCNc1cc(C)nc2c(-c3c(Cl)cc(OC)cc3Cl)c(C)nn12. The van der Waals surface area contributed by atoms with Gasteiger partial charge in [-0.1, -0.05) is 30.1 Å². The van der Waals surface area contributed by atoms with Gasteiger partial charge in [0.25, 0.3) is 0 Å². The first-order chi connectivity index (χ1) is 13.8. The molecular weight excluding hydrogens is 409 g/mol. The molecular formula is C21H27Cl2N5O. The molecule has 0 aliphatic carbocycles. The number of rotatable bonds is 8. The number of fused-ring (bicyclic) bond motifs is 1. The van der Waals surface area contributed by atoms with E-state index >= 15 is 0 Å². The number of aryl methyl sites for hydroxylation is 2. The summed E-state index contributed by atoms with van der Waals surface area (Å²) in [6, 6.07) is 5.99. The highest BCUT2D eigenvalue weighted by atomic mass is 35.5. The van der Waals surface area contributed by atoms with Crippen molar-refractivity contribution in [2.24, 2.45) is 0 Å². The van der Waals surface area contributed by atoms with E-state index in [0.29, 0.717) is 33.0 Å². The Kier molecular flexibility index (Phi) is 6.88. The molecule has 156 valence electrons. The molecule has 8 heteroatoms. The van der Waals surface area contributed by atoms with Gasteiger partial charge < -0.3 is 15.4 Å². The normalized spacial score (nSPS) is 12.4. The van der Waals surface area contributed by atoms with Crippen molar-refractivity contribution in [3.05, 3.63) is 39.6 Å². The topological polar surface area (TPSA) is 63.5 Å². The lowest BCUT2D eigenvalue weighted by Gasteiger charge is -2.13. The van der Waals surface area contributed by atoms with Crippen LogP contribution >= 0.6 is 23.2 Å². The Bertz CT molecular complexity index is 995. The van der Waals surface area contributed by atoms with Crippen LogP contribution in [0, 0.1) is 13.8 Å². The van der Waals surface area contributed by atoms with Crippen LogP contribution in [0.5, 0.6) is 5.75 Å². The van der Waals surface area contributed by atoms with Crippen molar-refractivity contribution in [3.8, 4) is 16.9 Å². The summed E-state index contributed by atoms with van der Waals surface area (Å²) >= 11 is 13.1. The van der Waals surface area contributed by atoms with Gasteiger partial charge in [-0.05, 0) is 39.3 Å². The predicted molar refractivity (Wildman–Crippen MR) is 121 cm³/mol. The molecule has 1 atom stereocenters. The lowest BCUT2D eigenvalue weighted by Crippen LogP contribution is -2.30. The Balaban J connectivity index is 2.01. The average Bonchev–Trinajstić information content (AvgIpc) is 3.00. The summed E-state index contributed by atoms with van der Waals surface area (Å²) in [5.41, 5.74) is 3.94. The quantitative estimate of drug-likeness (QED) is 0.480. The van der Waals surface area contributed by atoms with E-state index < -0.39 is 0 Å². The van der Waals surface area contributed by atoms with Gasteiger partial charge in [-0.2, -0.15) is 9.61 Å². The molecule has 0 radical (unpaired) electrons. The van der Waals surface area contributed by atoms with Gasteiger partial charge in [0, 0.05) is 36.5 Å². The molecule has 2 aromatic heterocycles. The first-order valence-corrected chi connectivity index (χ1v) is 10.5. The van der Waals surface area contributed by atoms with Crippen molar-refractivity contribution in [1.29, 1.82) is 0 Å². The van der Waals surface area contributed by atoms with Crippen molar-refractivity contribution in [2.75, 3.05) is 25.5 Å². The van der Waals surface area contributed by atoms with Crippen LogP contribution in [-0.2, 0) is 0 Å². The summed E-state index contributed by atoms with van der Waals surface area (Å²) in [7, 11) is 1.58. The standard InChI is InChI=1S/C21H27Cl2N5O/c1-6-12(2)24-7-8-25-18-9-13(3)26-21-19(14(4)27-28(18)21)20-16(22)10-15(29-5)11-17(20)23/h9-12,24-25H,6-8H2,1-5H3. The molecule has 0 aliphatic rings. The van der Waals surface area contributed by atoms with Crippen molar-refractivity contribution in [3.63, 3.8) is 0 Å². The Hall–Kier alpha value is -2.02. The maximum atomic E-state index is 6.55. The monoisotopic (exact) mass is 435 g/mol. The molecule has 1 unspecified atom stereocenters. The fourth-order valence-electron chi connectivity index (χ4n) is 3.22. The average molecular weight is 436 g/mol. The van der Waals surface area contributed by atoms with Gasteiger partial charge in [-0.15, -0.1) is 0 Å². The van der Waals surface area contributed by atoms with Crippen molar-refractivity contribution in [1.82, 2.24) is 19.9 Å². The van der Waals surface area contributed by atoms with E-state index in [1.165, 1.54) is 0 Å². The predicted octanol–water partition coefficient (Wildman–Crippen LogP) is 5.13. The van der Waals surface area contributed by atoms with Crippen LogP contribution in [0.15, 0.2) is 18.2 Å². The van der Waals surface area contributed by atoms with E-state index in [4.69, 9.17) is 38.0 Å². The number of hydrogen-bond donors (Lipinski definition) is 2. The molecule has 6 nitrogen and oxygen atoms in total. The van der Waals surface area contributed by atoms with Crippen LogP contribution in [0.4, 0.5) is 5.82 Å². The number of hydrogen-bond acceptors (Lipinski definition) is 5. The second-order valence-electron chi connectivity index (χ2n) is 7.13. The molecule has 3 aromatic rings. The summed E-state index contributed by atoms with van der Waals surface area (Å²) in [4.78, 5) is 4.72. The van der Waals surface area contributed by atoms with Crippen LogP contribution in [0.1, 0.15) is 31.7 Å². The Morgan fingerprint density at radius 2 is 1.79 bits per heavy atom. The van der Waals surface area contributed by atoms with Gasteiger partial charge in [0.1, 0.15) is 11.6 Å². The van der Waals surface area contributed by atoms with Crippen LogP contribution in [0.2, 0.25) is 10.0 Å². The van der Waals surface area contributed by atoms with Crippen LogP contribution in [0.25, 0.3) is 16.8 Å². The second-order valence-corrected chi connectivity index (χ2v) is 7.95. The summed E-state index contributed by atoms with van der Waals surface area (Å²) in [6.45, 7) is 9.89. The van der Waals surface area contributed by atoms with Crippen LogP contribution in [-0.4, -0.2) is 40.8 Å². The molecule has 0 saturated heterocycles. The zero-order chi connectivity index (χ0) is 21.1. The number of anilines is 1. The van der Waals surface area contributed by atoms with E-state index in [1.807, 2.05) is 24.4 Å². The van der Waals surface area contributed by atoms with E-state index in [9.17, 15) is 0 Å². The molecule has 3 rings (SSSR count). The number of halogens is 2. The minimum absolute atomic E-state index is 0.494. The molecule has 0 bridgehead atoms. The van der Waals surface area contributed by atoms with Crippen molar-refractivity contribution >= 4 is 34.7 Å². The number of aromatic nitrogens is 3. The largest absolute Gasteiger partial charge is 0.497 e. The third-order valence-electron chi connectivity index (χ3n) is 4.93. The fraction of sp³-hybridized carbons (Fsp3) is 0.429. The first kappa shape index (κ1) is 21.7. The van der Waals surface area contributed by atoms with E-state index in [1.54, 1.807) is 19.2 Å².